The van der Waals surface area contributed by atoms with Crippen LogP contribution in [0, 0.1) is 0 Å². The Morgan fingerprint density at radius 3 is 2.72 bits per heavy atom. The van der Waals surface area contributed by atoms with E-state index in [-0.39, 0.29) is 6.23 Å². The first-order valence-corrected chi connectivity index (χ1v) is 6.69. The third-order valence-corrected chi connectivity index (χ3v) is 3.49. The third-order valence-electron chi connectivity index (χ3n) is 2.77. The SMILES string of the molecule is CCCC1=C(C(O)O)NC(c2ccccc2Br)O1. The number of rotatable bonds is 4. The topological polar surface area (TPSA) is 61.7 Å². The van der Waals surface area contributed by atoms with E-state index >= 15 is 0 Å². The lowest BCUT2D eigenvalue weighted by Crippen LogP contribution is -2.23. The molecule has 4 nitrogen and oxygen atoms in total. The molecular formula is C13H16BrNO3. The molecule has 1 aliphatic heterocycles. The van der Waals surface area contributed by atoms with Gasteiger partial charge in [-0.25, -0.2) is 0 Å². The standard InChI is InChI=1S/C13H16BrNO3/c1-2-5-10-11(13(16)17)15-12(18-10)8-6-3-4-7-9(8)14/h3-4,6-7,12-13,15-17H,2,5H2,1H3. The first-order chi connectivity index (χ1) is 8.63. The van der Waals surface area contributed by atoms with E-state index in [9.17, 15) is 10.2 Å². The largest absolute Gasteiger partial charge is 0.469 e. The van der Waals surface area contributed by atoms with Crippen LogP contribution in [0.4, 0.5) is 0 Å². The minimum atomic E-state index is -1.53. The van der Waals surface area contributed by atoms with Crippen LogP contribution in [0.1, 0.15) is 31.6 Å². The molecular weight excluding hydrogens is 298 g/mol. The van der Waals surface area contributed by atoms with Gasteiger partial charge in [0.1, 0.15) is 11.5 Å². The number of aliphatic hydroxyl groups excluding tert-OH is 1. The van der Waals surface area contributed by atoms with Gasteiger partial charge in [0.15, 0.2) is 12.5 Å². The summed E-state index contributed by atoms with van der Waals surface area (Å²) in [5.74, 6) is 0.619. The van der Waals surface area contributed by atoms with E-state index < -0.39 is 6.29 Å². The number of ether oxygens (including phenoxy) is 1. The van der Waals surface area contributed by atoms with Crippen LogP contribution in [-0.4, -0.2) is 16.5 Å². The molecule has 3 N–H and O–H groups in total. The second-order valence-electron chi connectivity index (χ2n) is 4.12. The molecule has 5 heteroatoms. The molecule has 0 bridgehead atoms. The van der Waals surface area contributed by atoms with Crippen molar-refractivity contribution in [1.82, 2.24) is 5.32 Å². The number of nitrogens with one attached hydrogen (secondary N) is 1. The molecule has 1 aliphatic rings. The molecule has 0 spiro atoms. The number of benzene rings is 1. The number of allylic oxidation sites excluding steroid dienone is 1. The van der Waals surface area contributed by atoms with Gasteiger partial charge in [-0.05, 0) is 12.5 Å². The Labute approximate surface area is 114 Å². The number of aliphatic hydroxyl groups is 2. The van der Waals surface area contributed by atoms with Crippen molar-refractivity contribution in [2.24, 2.45) is 0 Å². The van der Waals surface area contributed by atoms with Gasteiger partial charge >= 0.3 is 0 Å². The quantitative estimate of drug-likeness (QED) is 0.747. The van der Waals surface area contributed by atoms with Crippen LogP contribution < -0.4 is 5.32 Å². The van der Waals surface area contributed by atoms with Crippen LogP contribution in [0.5, 0.6) is 0 Å². The lowest BCUT2D eigenvalue weighted by molar-refractivity contribution is -0.0132. The molecule has 1 aromatic carbocycles. The van der Waals surface area contributed by atoms with Crippen molar-refractivity contribution in [2.75, 3.05) is 0 Å². The van der Waals surface area contributed by atoms with Crippen molar-refractivity contribution in [3.63, 3.8) is 0 Å². The molecule has 0 saturated heterocycles. The summed E-state index contributed by atoms with van der Waals surface area (Å²) in [7, 11) is 0. The van der Waals surface area contributed by atoms with Crippen LogP contribution in [0.3, 0.4) is 0 Å². The maximum absolute atomic E-state index is 9.33. The predicted molar refractivity (Wildman–Crippen MR) is 71.3 cm³/mol. The minimum Gasteiger partial charge on any atom is -0.469 e. The van der Waals surface area contributed by atoms with Crippen molar-refractivity contribution in [3.05, 3.63) is 45.8 Å². The van der Waals surface area contributed by atoms with Gasteiger partial charge in [0, 0.05) is 16.5 Å². The lowest BCUT2D eigenvalue weighted by Gasteiger charge is -2.15. The van der Waals surface area contributed by atoms with E-state index in [2.05, 4.69) is 21.2 Å². The summed E-state index contributed by atoms with van der Waals surface area (Å²) in [5, 5.41) is 21.7. The first-order valence-electron chi connectivity index (χ1n) is 5.90. The fraction of sp³-hybridized carbons (Fsp3) is 0.385. The van der Waals surface area contributed by atoms with Crippen molar-refractivity contribution >= 4 is 15.9 Å². The monoisotopic (exact) mass is 313 g/mol. The maximum Gasteiger partial charge on any atom is 0.197 e. The van der Waals surface area contributed by atoms with E-state index in [0.29, 0.717) is 17.9 Å². The molecule has 1 aromatic rings. The normalized spacial score (nSPS) is 19.1. The number of hydrogen-bond donors (Lipinski definition) is 3. The molecule has 18 heavy (non-hydrogen) atoms. The minimum absolute atomic E-state index is 0.359. The molecule has 1 unspecified atom stereocenters. The van der Waals surface area contributed by atoms with Crippen molar-refractivity contribution in [1.29, 1.82) is 0 Å². The lowest BCUT2D eigenvalue weighted by atomic mass is 10.2. The molecule has 1 heterocycles. The van der Waals surface area contributed by atoms with Crippen LogP contribution in [0.15, 0.2) is 40.2 Å². The zero-order chi connectivity index (χ0) is 13.1. The van der Waals surface area contributed by atoms with Gasteiger partial charge in [0.2, 0.25) is 0 Å². The average molecular weight is 314 g/mol. The number of hydrogen-bond acceptors (Lipinski definition) is 4. The number of halogens is 1. The second-order valence-corrected chi connectivity index (χ2v) is 4.98. The Bertz CT molecular complexity index is 459. The van der Waals surface area contributed by atoms with Crippen molar-refractivity contribution in [2.45, 2.75) is 32.3 Å². The summed E-state index contributed by atoms with van der Waals surface area (Å²) in [6.07, 6.45) is -0.338. The Morgan fingerprint density at radius 1 is 1.39 bits per heavy atom. The van der Waals surface area contributed by atoms with E-state index in [1.165, 1.54) is 0 Å². The first kappa shape index (κ1) is 13.4. The Morgan fingerprint density at radius 2 is 2.11 bits per heavy atom. The van der Waals surface area contributed by atoms with E-state index in [4.69, 9.17) is 4.74 Å². The molecule has 0 aliphatic carbocycles. The van der Waals surface area contributed by atoms with Crippen LogP contribution in [0.25, 0.3) is 0 Å². The molecule has 0 fully saturated rings. The average Bonchev–Trinajstić information content (AvgIpc) is 2.74. The van der Waals surface area contributed by atoms with Gasteiger partial charge in [-0.15, -0.1) is 0 Å². The Hall–Kier alpha value is -1.04. The highest BCUT2D eigenvalue weighted by Gasteiger charge is 2.29. The van der Waals surface area contributed by atoms with E-state index in [1.807, 2.05) is 31.2 Å². The Balaban J connectivity index is 2.21. The van der Waals surface area contributed by atoms with Crippen molar-refractivity contribution < 1.29 is 14.9 Å². The van der Waals surface area contributed by atoms with Gasteiger partial charge in [-0.1, -0.05) is 41.1 Å². The third kappa shape index (κ3) is 2.68. The summed E-state index contributed by atoms with van der Waals surface area (Å²) in [5.41, 5.74) is 1.29. The summed E-state index contributed by atoms with van der Waals surface area (Å²) >= 11 is 3.46. The predicted octanol–water partition coefficient (Wildman–Crippen LogP) is 2.39. The zero-order valence-corrected chi connectivity index (χ0v) is 11.6. The summed E-state index contributed by atoms with van der Waals surface area (Å²) < 4.78 is 6.68. The highest BCUT2D eigenvalue weighted by atomic mass is 79.9. The molecule has 0 radical (unpaired) electrons. The van der Waals surface area contributed by atoms with E-state index in [1.54, 1.807) is 0 Å². The Kier molecular flexibility index (Phi) is 4.27. The molecule has 0 aromatic heterocycles. The summed E-state index contributed by atoms with van der Waals surface area (Å²) in [6, 6.07) is 7.69. The zero-order valence-electron chi connectivity index (χ0n) is 10.1. The fourth-order valence-corrected chi connectivity index (χ4v) is 2.42. The van der Waals surface area contributed by atoms with Gasteiger partial charge in [-0.3, -0.25) is 0 Å². The van der Waals surface area contributed by atoms with Gasteiger partial charge in [0.05, 0.1) is 0 Å². The molecule has 0 saturated carbocycles. The van der Waals surface area contributed by atoms with E-state index in [0.717, 1.165) is 16.5 Å². The second kappa shape index (κ2) is 5.73. The van der Waals surface area contributed by atoms with Crippen LogP contribution in [0.2, 0.25) is 0 Å². The molecule has 2 rings (SSSR count). The van der Waals surface area contributed by atoms with Crippen LogP contribution in [-0.2, 0) is 4.74 Å². The smallest absolute Gasteiger partial charge is 0.197 e. The van der Waals surface area contributed by atoms with Gasteiger partial charge in [0.25, 0.3) is 0 Å². The fourth-order valence-electron chi connectivity index (χ4n) is 1.93. The highest BCUT2D eigenvalue weighted by molar-refractivity contribution is 9.10. The maximum atomic E-state index is 9.33. The molecule has 0 amide bonds. The summed E-state index contributed by atoms with van der Waals surface area (Å²) in [6.45, 7) is 2.02. The van der Waals surface area contributed by atoms with Crippen molar-refractivity contribution in [3.8, 4) is 0 Å². The summed E-state index contributed by atoms with van der Waals surface area (Å²) in [4.78, 5) is 0. The van der Waals surface area contributed by atoms with Gasteiger partial charge < -0.3 is 20.3 Å². The van der Waals surface area contributed by atoms with Crippen LogP contribution >= 0.6 is 15.9 Å². The molecule has 98 valence electrons. The molecule has 1 atom stereocenters. The highest BCUT2D eigenvalue weighted by Crippen LogP contribution is 2.33. The van der Waals surface area contributed by atoms with Gasteiger partial charge in [-0.2, -0.15) is 0 Å².